The number of fused-ring (bicyclic) bond motifs is 1. The van der Waals surface area contributed by atoms with Crippen molar-refractivity contribution in [2.24, 2.45) is 4.40 Å². The molecule has 7 nitrogen and oxygen atoms in total. The second-order valence-electron chi connectivity index (χ2n) is 7.35. The zero-order valence-electron chi connectivity index (χ0n) is 14.9. The monoisotopic (exact) mass is 365 g/mol. The number of piperazine rings is 1. The van der Waals surface area contributed by atoms with Crippen LogP contribution in [0.15, 0.2) is 33.6 Å². The summed E-state index contributed by atoms with van der Waals surface area (Å²) in [5.41, 5.74) is 0.0834. The Morgan fingerprint density at radius 3 is 2.56 bits per heavy atom. The Bertz CT molecular complexity index is 827. The molecule has 0 aliphatic carbocycles. The zero-order chi connectivity index (χ0) is 18.4. The molecule has 1 saturated heterocycles. The van der Waals surface area contributed by atoms with Crippen molar-refractivity contribution in [3.8, 4) is 0 Å². The van der Waals surface area contributed by atoms with E-state index >= 15 is 0 Å². The molecule has 2 aliphatic heterocycles. The molecule has 1 fully saturated rings. The fourth-order valence-electron chi connectivity index (χ4n) is 3.06. The van der Waals surface area contributed by atoms with Crippen molar-refractivity contribution in [3.05, 3.63) is 29.8 Å². The molecule has 1 aromatic carbocycles. The van der Waals surface area contributed by atoms with E-state index in [4.69, 9.17) is 4.74 Å². The maximum absolute atomic E-state index is 12.2. The largest absolute Gasteiger partial charge is 0.444 e. The van der Waals surface area contributed by atoms with Crippen molar-refractivity contribution < 1.29 is 17.9 Å². The molecule has 0 spiro atoms. The highest BCUT2D eigenvalue weighted by Crippen LogP contribution is 2.29. The Kier molecular flexibility index (Phi) is 4.26. The molecule has 0 unspecified atom stereocenters. The van der Waals surface area contributed by atoms with Crippen LogP contribution in [0.2, 0.25) is 0 Å². The first kappa shape index (κ1) is 17.7. The van der Waals surface area contributed by atoms with Crippen molar-refractivity contribution in [1.82, 2.24) is 9.80 Å². The zero-order valence-corrected chi connectivity index (χ0v) is 15.7. The van der Waals surface area contributed by atoms with Gasteiger partial charge in [-0.3, -0.25) is 0 Å². The SMILES string of the molecule is C[C@@H]1CN(C(=O)OC(C)(C)C)CCN1C1=NS(=O)(=O)c2ccccc21. The van der Waals surface area contributed by atoms with Gasteiger partial charge in [0, 0.05) is 31.2 Å². The minimum atomic E-state index is -3.64. The predicted molar refractivity (Wildman–Crippen MR) is 94.1 cm³/mol. The normalized spacial score (nSPS) is 22.4. The topological polar surface area (TPSA) is 79.3 Å². The molecule has 25 heavy (non-hydrogen) atoms. The maximum Gasteiger partial charge on any atom is 0.410 e. The fourth-order valence-corrected chi connectivity index (χ4v) is 4.28. The molecule has 1 atom stereocenters. The summed E-state index contributed by atoms with van der Waals surface area (Å²) < 4.78 is 33.9. The van der Waals surface area contributed by atoms with Gasteiger partial charge >= 0.3 is 6.09 Å². The van der Waals surface area contributed by atoms with Gasteiger partial charge in [0.15, 0.2) is 5.84 Å². The van der Waals surface area contributed by atoms with Gasteiger partial charge in [0.05, 0.1) is 0 Å². The minimum Gasteiger partial charge on any atom is -0.444 e. The molecule has 8 heteroatoms. The van der Waals surface area contributed by atoms with Crippen LogP contribution in [0.4, 0.5) is 4.79 Å². The fraction of sp³-hybridized carbons (Fsp3) is 0.529. The van der Waals surface area contributed by atoms with E-state index in [9.17, 15) is 13.2 Å². The molecule has 0 saturated carbocycles. The highest BCUT2D eigenvalue weighted by molar-refractivity contribution is 7.90. The third-order valence-corrected chi connectivity index (χ3v) is 5.49. The number of carbonyl (C=O) groups is 1. The third kappa shape index (κ3) is 3.49. The molecule has 1 aromatic rings. The van der Waals surface area contributed by atoms with E-state index in [1.807, 2.05) is 32.6 Å². The number of rotatable bonds is 0. The first-order chi connectivity index (χ1) is 11.6. The van der Waals surface area contributed by atoms with Crippen LogP contribution in [0.5, 0.6) is 0 Å². The number of ether oxygens (including phenoxy) is 1. The maximum atomic E-state index is 12.2. The number of nitrogens with zero attached hydrogens (tertiary/aromatic N) is 3. The van der Waals surface area contributed by atoms with Crippen LogP contribution < -0.4 is 0 Å². The summed E-state index contributed by atoms with van der Waals surface area (Å²) in [6.45, 7) is 8.87. The Morgan fingerprint density at radius 2 is 1.92 bits per heavy atom. The van der Waals surface area contributed by atoms with Crippen molar-refractivity contribution in [2.45, 2.75) is 44.2 Å². The van der Waals surface area contributed by atoms with Gasteiger partial charge in [-0.25, -0.2) is 4.79 Å². The molecule has 136 valence electrons. The quantitative estimate of drug-likeness (QED) is 0.703. The number of sulfonamides is 1. The number of hydrogen-bond donors (Lipinski definition) is 0. The predicted octanol–water partition coefficient (Wildman–Crippen LogP) is 2.08. The summed E-state index contributed by atoms with van der Waals surface area (Å²) in [5, 5.41) is 0. The standard InChI is InChI=1S/C17H23N3O4S/c1-12-11-19(16(21)24-17(2,3)4)9-10-20(12)15-13-7-5-6-8-14(13)25(22,23)18-15/h5-8,12H,9-11H2,1-4H3/t12-/m1/s1. The van der Waals surface area contributed by atoms with Gasteiger partial charge in [0.25, 0.3) is 10.0 Å². The van der Waals surface area contributed by atoms with E-state index in [2.05, 4.69) is 4.40 Å². The van der Waals surface area contributed by atoms with Gasteiger partial charge in [0.2, 0.25) is 0 Å². The van der Waals surface area contributed by atoms with Crippen LogP contribution in [0.25, 0.3) is 0 Å². The van der Waals surface area contributed by atoms with Gasteiger partial charge in [-0.1, -0.05) is 12.1 Å². The number of amides is 1. The average molecular weight is 365 g/mol. The van der Waals surface area contributed by atoms with Crippen LogP contribution in [-0.4, -0.2) is 61.4 Å². The van der Waals surface area contributed by atoms with Crippen molar-refractivity contribution in [1.29, 1.82) is 0 Å². The summed E-state index contributed by atoms with van der Waals surface area (Å²) in [6.07, 6.45) is -0.347. The summed E-state index contributed by atoms with van der Waals surface area (Å²) in [7, 11) is -3.64. The molecule has 0 bridgehead atoms. The van der Waals surface area contributed by atoms with Crippen LogP contribution in [0.3, 0.4) is 0 Å². The average Bonchev–Trinajstić information content (AvgIpc) is 2.77. The molecule has 0 aromatic heterocycles. The molecule has 1 amide bonds. The number of carbonyl (C=O) groups excluding carboxylic acids is 1. The highest BCUT2D eigenvalue weighted by atomic mass is 32.2. The molecule has 2 aliphatic rings. The first-order valence-corrected chi connectivity index (χ1v) is 9.71. The van der Waals surface area contributed by atoms with Gasteiger partial charge in [0.1, 0.15) is 10.5 Å². The second kappa shape index (κ2) is 6.01. The van der Waals surface area contributed by atoms with Crippen molar-refractivity contribution in [3.63, 3.8) is 0 Å². The summed E-state index contributed by atoms with van der Waals surface area (Å²) >= 11 is 0. The van der Waals surface area contributed by atoms with Gasteiger partial charge < -0.3 is 14.5 Å². The number of amidine groups is 1. The molecular formula is C17H23N3O4S. The number of benzene rings is 1. The highest BCUT2D eigenvalue weighted by Gasteiger charge is 2.37. The molecule has 3 rings (SSSR count). The van der Waals surface area contributed by atoms with Crippen molar-refractivity contribution >= 4 is 22.0 Å². The van der Waals surface area contributed by atoms with E-state index in [0.717, 1.165) is 0 Å². The lowest BCUT2D eigenvalue weighted by Gasteiger charge is -2.41. The van der Waals surface area contributed by atoms with E-state index in [1.165, 1.54) is 0 Å². The van der Waals surface area contributed by atoms with E-state index in [0.29, 0.717) is 31.0 Å². The molecule has 2 heterocycles. The third-order valence-electron chi connectivity index (χ3n) is 4.16. The van der Waals surface area contributed by atoms with Gasteiger partial charge in [-0.2, -0.15) is 8.42 Å². The summed E-state index contributed by atoms with van der Waals surface area (Å²) in [4.78, 5) is 16.1. The molecule has 0 N–H and O–H groups in total. The Balaban J connectivity index is 1.78. The van der Waals surface area contributed by atoms with Crippen LogP contribution in [0.1, 0.15) is 33.3 Å². The van der Waals surface area contributed by atoms with Crippen molar-refractivity contribution in [2.75, 3.05) is 19.6 Å². The van der Waals surface area contributed by atoms with E-state index in [1.54, 1.807) is 29.2 Å². The lowest BCUT2D eigenvalue weighted by atomic mass is 10.1. The van der Waals surface area contributed by atoms with Crippen LogP contribution >= 0.6 is 0 Å². The van der Waals surface area contributed by atoms with Crippen LogP contribution in [-0.2, 0) is 14.8 Å². The smallest absolute Gasteiger partial charge is 0.410 e. The van der Waals surface area contributed by atoms with E-state index < -0.39 is 15.6 Å². The lowest BCUT2D eigenvalue weighted by molar-refractivity contribution is 0.0134. The second-order valence-corrected chi connectivity index (χ2v) is 8.93. The summed E-state index contributed by atoms with van der Waals surface area (Å²) in [6, 6.07) is 6.77. The number of hydrogen-bond acceptors (Lipinski definition) is 5. The van der Waals surface area contributed by atoms with Gasteiger partial charge in [-0.15, -0.1) is 4.40 Å². The molecule has 0 radical (unpaired) electrons. The minimum absolute atomic E-state index is 0.0682. The van der Waals surface area contributed by atoms with Gasteiger partial charge in [-0.05, 0) is 39.8 Å². The summed E-state index contributed by atoms with van der Waals surface area (Å²) in [5.74, 6) is 0.465. The lowest BCUT2D eigenvalue weighted by Crippen LogP contribution is -2.56. The van der Waals surface area contributed by atoms with E-state index in [-0.39, 0.29) is 17.0 Å². The molecular weight excluding hydrogens is 342 g/mol. The first-order valence-electron chi connectivity index (χ1n) is 8.27. The Labute approximate surface area is 148 Å². The van der Waals surface area contributed by atoms with Crippen LogP contribution in [0, 0.1) is 0 Å². The Hall–Kier alpha value is -2.09. The Morgan fingerprint density at radius 1 is 1.24 bits per heavy atom.